The van der Waals surface area contributed by atoms with Crippen LogP contribution in [0.1, 0.15) is 17.7 Å². The number of fused-ring (bicyclic) bond motifs is 2. The molecule has 158 valence electrons. The predicted molar refractivity (Wildman–Crippen MR) is 130 cm³/mol. The number of thioether (sulfide) groups is 2. The standard InChI is InChI=1S/C23H20BrN3O2S2/c24-16-7-9-17(10-8-16)27-22(29)21-18(11-13-30-21)25-23(27)31-14-20(28)26-12-3-5-15-4-1-2-6-19(15)26/h1-2,4,6-10H,3,5,11-14H2. The molecule has 2 aliphatic heterocycles. The lowest BCUT2D eigenvalue weighted by atomic mass is 10.0. The number of para-hydroxylation sites is 1. The van der Waals surface area contributed by atoms with E-state index in [9.17, 15) is 9.59 Å². The maximum absolute atomic E-state index is 13.3. The number of carbonyl (C=O) groups excluding carboxylic acids is 1. The highest BCUT2D eigenvalue weighted by Gasteiger charge is 2.25. The fourth-order valence-electron chi connectivity index (χ4n) is 4.00. The molecule has 2 aromatic carbocycles. The van der Waals surface area contributed by atoms with Gasteiger partial charge in [0.05, 0.1) is 22.0 Å². The van der Waals surface area contributed by atoms with E-state index >= 15 is 0 Å². The third kappa shape index (κ3) is 4.08. The van der Waals surface area contributed by atoms with Crippen LogP contribution < -0.4 is 10.5 Å². The molecule has 0 saturated carbocycles. The molecule has 1 amide bonds. The molecular weight excluding hydrogens is 494 g/mol. The molecule has 2 aliphatic rings. The molecule has 0 bridgehead atoms. The molecule has 5 nitrogen and oxygen atoms in total. The van der Waals surface area contributed by atoms with E-state index in [1.807, 2.05) is 47.4 Å². The highest BCUT2D eigenvalue weighted by Crippen LogP contribution is 2.31. The summed E-state index contributed by atoms with van der Waals surface area (Å²) in [5.74, 6) is 1.15. The Bertz CT molecular complexity index is 1210. The van der Waals surface area contributed by atoms with Crippen LogP contribution >= 0.6 is 39.5 Å². The first kappa shape index (κ1) is 20.8. The topological polar surface area (TPSA) is 55.2 Å². The van der Waals surface area contributed by atoms with Gasteiger partial charge in [-0.05, 0) is 48.7 Å². The van der Waals surface area contributed by atoms with Crippen molar-refractivity contribution in [2.45, 2.75) is 29.3 Å². The van der Waals surface area contributed by atoms with E-state index in [0.717, 1.165) is 58.0 Å². The number of aryl methyl sites for hydroxylation is 2. The van der Waals surface area contributed by atoms with Crippen LogP contribution in [0.5, 0.6) is 0 Å². The van der Waals surface area contributed by atoms with E-state index in [4.69, 9.17) is 4.98 Å². The van der Waals surface area contributed by atoms with Gasteiger partial charge >= 0.3 is 0 Å². The van der Waals surface area contributed by atoms with Crippen molar-refractivity contribution >= 4 is 51.0 Å². The molecule has 0 unspecified atom stereocenters. The quantitative estimate of drug-likeness (QED) is 0.373. The Morgan fingerprint density at radius 2 is 1.94 bits per heavy atom. The largest absolute Gasteiger partial charge is 0.311 e. The minimum Gasteiger partial charge on any atom is -0.311 e. The molecule has 0 fully saturated rings. The number of amides is 1. The van der Waals surface area contributed by atoms with E-state index in [-0.39, 0.29) is 17.2 Å². The van der Waals surface area contributed by atoms with Crippen LogP contribution in [-0.4, -0.2) is 33.5 Å². The Morgan fingerprint density at radius 3 is 2.77 bits per heavy atom. The average molecular weight is 514 g/mol. The van der Waals surface area contributed by atoms with Crippen molar-refractivity contribution in [1.82, 2.24) is 9.55 Å². The first-order chi connectivity index (χ1) is 15.1. The molecular formula is C23H20BrN3O2S2. The summed E-state index contributed by atoms with van der Waals surface area (Å²) in [5, 5.41) is 0.576. The van der Waals surface area contributed by atoms with Crippen molar-refractivity contribution in [2.75, 3.05) is 23.0 Å². The minimum absolute atomic E-state index is 0.0450. The fraction of sp³-hybridized carbons (Fsp3) is 0.261. The van der Waals surface area contributed by atoms with Crippen molar-refractivity contribution in [3.63, 3.8) is 0 Å². The van der Waals surface area contributed by atoms with Crippen molar-refractivity contribution in [3.05, 3.63) is 74.6 Å². The number of hydrogen-bond donors (Lipinski definition) is 0. The number of rotatable bonds is 4. The van der Waals surface area contributed by atoms with Crippen molar-refractivity contribution in [3.8, 4) is 5.69 Å². The summed E-state index contributed by atoms with van der Waals surface area (Å²) < 4.78 is 2.59. The number of aromatic nitrogens is 2. The Balaban J connectivity index is 1.46. The highest BCUT2D eigenvalue weighted by atomic mass is 79.9. The Labute approximate surface area is 197 Å². The Kier molecular flexibility index (Phi) is 5.95. The first-order valence-corrected chi connectivity index (χ1v) is 12.9. The van der Waals surface area contributed by atoms with Gasteiger partial charge in [0.25, 0.3) is 5.56 Å². The summed E-state index contributed by atoms with van der Waals surface area (Å²) in [7, 11) is 0. The number of hydrogen-bond acceptors (Lipinski definition) is 5. The summed E-state index contributed by atoms with van der Waals surface area (Å²) in [6.45, 7) is 0.726. The van der Waals surface area contributed by atoms with Gasteiger partial charge in [0, 0.05) is 28.9 Å². The number of nitrogens with zero attached hydrogens (tertiary/aromatic N) is 3. The van der Waals surface area contributed by atoms with Crippen LogP contribution in [0.3, 0.4) is 0 Å². The third-order valence-corrected chi connectivity index (χ3v) is 8.05. The van der Waals surface area contributed by atoms with E-state index in [2.05, 4.69) is 22.0 Å². The number of carbonyl (C=O) groups is 1. The van der Waals surface area contributed by atoms with E-state index in [0.29, 0.717) is 5.16 Å². The first-order valence-electron chi connectivity index (χ1n) is 10.2. The maximum atomic E-state index is 13.3. The van der Waals surface area contributed by atoms with Gasteiger partial charge in [-0.2, -0.15) is 0 Å². The summed E-state index contributed by atoms with van der Waals surface area (Å²) in [5.41, 5.74) is 3.78. The molecule has 1 aromatic heterocycles. The van der Waals surface area contributed by atoms with Crippen LogP contribution in [0.25, 0.3) is 5.69 Å². The van der Waals surface area contributed by atoms with Gasteiger partial charge in [-0.1, -0.05) is 45.9 Å². The highest BCUT2D eigenvalue weighted by molar-refractivity contribution is 9.10. The third-order valence-electron chi connectivity index (χ3n) is 5.49. The smallest absolute Gasteiger partial charge is 0.272 e. The SMILES string of the molecule is O=C(CSc1nc2c(c(=O)n1-c1ccc(Br)cc1)SCC2)N1CCCc2ccccc21. The fourth-order valence-corrected chi connectivity index (χ4v) is 6.20. The summed E-state index contributed by atoms with van der Waals surface area (Å²) in [6.07, 6.45) is 2.75. The van der Waals surface area contributed by atoms with E-state index in [1.54, 1.807) is 16.3 Å². The molecule has 0 N–H and O–H groups in total. The van der Waals surface area contributed by atoms with Gasteiger partial charge in [0.2, 0.25) is 5.91 Å². The molecule has 0 saturated heterocycles. The van der Waals surface area contributed by atoms with E-state index in [1.165, 1.54) is 17.3 Å². The van der Waals surface area contributed by atoms with Gasteiger partial charge in [-0.15, -0.1) is 11.8 Å². The minimum atomic E-state index is -0.0481. The van der Waals surface area contributed by atoms with Crippen LogP contribution in [0.4, 0.5) is 5.69 Å². The second kappa shape index (κ2) is 8.84. The Hall–Kier alpha value is -2.03. The summed E-state index contributed by atoms with van der Waals surface area (Å²) >= 11 is 6.36. The zero-order chi connectivity index (χ0) is 21.4. The van der Waals surface area contributed by atoms with E-state index < -0.39 is 0 Å². The normalized spacial score (nSPS) is 14.9. The van der Waals surface area contributed by atoms with Crippen LogP contribution in [0.2, 0.25) is 0 Å². The molecule has 0 atom stereocenters. The molecule has 3 aromatic rings. The van der Waals surface area contributed by atoms with Gasteiger partial charge in [-0.25, -0.2) is 4.98 Å². The van der Waals surface area contributed by atoms with Gasteiger partial charge in [-0.3, -0.25) is 14.2 Å². The van der Waals surface area contributed by atoms with Crippen molar-refractivity contribution in [2.24, 2.45) is 0 Å². The van der Waals surface area contributed by atoms with Crippen LogP contribution in [-0.2, 0) is 17.6 Å². The number of benzene rings is 2. The van der Waals surface area contributed by atoms with Gasteiger partial charge < -0.3 is 4.90 Å². The zero-order valence-corrected chi connectivity index (χ0v) is 19.9. The van der Waals surface area contributed by atoms with Crippen molar-refractivity contribution < 1.29 is 4.79 Å². The maximum Gasteiger partial charge on any atom is 0.272 e. The van der Waals surface area contributed by atoms with Crippen LogP contribution in [0.15, 0.2) is 67.9 Å². The molecule has 3 heterocycles. The Morgan fingerprint density at radius 1 is 1.13 bits per heavy atom. The summed E-state index contributed by atoms with van der Waals surface area (Å²) in [6, 6.07) is 15.7. The molecule has 5 rings (SSSR count). The molecule has 0 radical (unpaired) electrons. The zero-order valence-electron chi connectivity index (χ0n) is 16.7. The lowest BCUT2D eigenvalue weighted by Gasteiger charge is -2.29. The van der Waals surface area contributed by atoms with Crippen molar-refractivity contribution in [1.29, 1.82) is 0 Å². The molecule has 8 heteroatoms. The second-order valence-corrected chi connectivity index (χ2v) is 10.4. The average Bonchev–Trinajstić information content (AvgIpc) is 3.27. The van der Waals surface area contributed by atoms with Gasteiger partial charge in [0.15, 0.2) is 5.16 Å². The predicted octanol–water partition coefficient (Wildman–Crippen LogP) is 4.71. The van der Waals surface area contributed by atoms with Gasteiger partial charge in [0.1, 0.15) is 0 Å². The second-order valence-electron chi connectivity index (χ2n) is 7.45. The molecule has 0 spiro atoms. The van der Waals surface area contributed by atoms with Crippen LogP contribution in [0, 0.1) is 0 Å². The molecule has 0 aliphatic carbocycles. The summed E-state index contributed by atoms with van der Waals surface area (Å²) in [4.78, 5) is 33.8. The monoisotopic (exact) mass is 513 g/mol. The lowest BCUT2D eigenvalue weighted by molar-refractivity contribution is -0.116. The number of anilines is 1. The lowest BCUT2D eigenvalue weighted by Crippen LogP contribution is -2.36. The molecule has 31 heavy (non-hydrogen) atoms. The number of halogens is 1.